The molecule has 0 fully saturated rings. The van der Waals surface area contributed by atoms with Gasteiger partial charge in [-0.15, -0.1) is 0 Å². The monoisotopic (exact) mass is 502 g/mol. The maximum atomic E-state index is 13.1. The smallest absolute Gasteiger partial charge is 0.372 e. The molecular formula is C26H32F6N2O. The van der Waals surface area contributed by atoms with Gasteiger partial charge in [-0.1, -0.05) is 0 Å². The number of benzene rings is 2. The predicted octanol–water partition coefficient (Wildman–Crippen LogP) is 7.56. The first-order valence-corrected chi connectivity index (χ1v) is 11.7. The summed E-state index contributed by atoms with van der Waals surface area (Å²) in [5, 5.41) is 0. The number of anilines is 2. The third-order valence-corrected chi connectivity index (χ3v) is 5.85. The summed E-state index contributed by atoms with van der Waals surface area (Å²) in [5.74, 6) is -0.194. The molecule has 194 valence electrons. The van der Waals surface area contributed by atoms with Crippen LogP contribution in [0.2, 0.25) is 0 Å². The van der Waals surface area contributed by atoms with E-state index in [2.05, 4.69) is 4.90 Å². The lowest BCUT2D eigenvalue weighted by Gasteiger charge is -2.26. The molecule has 0 N–H and O–H groups in total. The van der Waals surface area contributed by atoms with Crippen molar-refractivity contribution >= 4 is 17.2 Å². The van der Waals surface area contributed by atoms with E-state index in [1.54, 1.807) is 37.3 Å². The van der Waals surface area contributed by atoms with E-state index >= 15 is 0 Å². The minimum Gasteiger partial charge on any atom is -0.372 e. The maximum absolute atomic E-state index is 13.1. The van der Waals surface area contributed by atoms with Gasteiger partial charge in [0.25, 0.3) is 0 Å². The van der Waals surface area contributed by atoms with Crippen molar-refractivity contribution < 1.29 is 31.1 Å². The van der Waals surface area contributed by atoms with E-state index in [4.69, 9.17) is 0 Å². The van der Waals surface area contributed by atoms with Crippen LogP contribution in [-0.4, -0.2) is 44.3 Å². The SMILES string of the molecule is CCN(CC)c1ccc(C(=O)c2ccc(N(CCCC(F)(F)F)CCCC(F)(F)F)cc2C)cc1. The fourth-order valence-electron chi connectivity index (χ4n) is 3.98. The molecule has 0 bridgehead atoms. The lowest BCUT2D eigenvalue weighted by atomic mass is 9.98. The lowest BCUT2D eigenvalue weighted by molar-refractivity contribution is -0.135. The van der Waals surface area contributed by atoms with Crippen LogP contribution in [0.25, 0.3) is 0 Å². The molecule has 0 atom stereocenters. The Morgan fingerprint density at radius 3 is 1.66 bits per heavy atom. The molecule has 2 aromatic rings. The number of halogens is 6. The van der Waals surface area contributed by atoms with E-state index < -0.39 is 25.2 Å². The molecule has 0 amide bonds. The summed E-state index contributed by atoms with van der Waals surface area (Å²) in [6.45, 7) is 7.42. The molecule has 0 saturated heterocycles. The Morgan fingerprint density at radius 1 is 0.743 bits per heavy atom. The number of rotatable bonds is 12. The van der Waals surface area contributed by atoms with Crippen LogP contribution in [-0.2, 0) is 0 Å². The highest BCUT2D eigenvalue weighted by molar-refractivity contribution is 6.10. The van der Waals surface area contributed by atoms with Crippen molar-refractivity contribution in [2.75, 3.05) is 36.0 Å². The molecule has 0 aromatic heterocycles. The van der Waals surface area contributed by atoms with E-state index in [1.807, 2.05) is 26.0 Å². The minimum atomic E-state index is -4.33. The largest absolute Gasteiger partial charge is 0.389 e. The molecular weight excluding hydrogens is 470 g/mol. The van der Waals surface area contributed by atoms with Crippen molar-refractivity contribution in [3.63, 3.8) is 0 Å². The molecule has 0 unspecified atom stereocenters. The summed E-state index contributed by atoms with van der Waals surface area (Å²) in [6.07, 6.45) is -11.1. The van der Waals surface area contributed by atoms with Crippen LogP contribution < -0.4 is 9.80 Å². The zero-order valence-corrected chi connectivity index (χ0v) is 20.3. The van der Waals surface area contributed by atoms with E-state index in [0.29, 0.717) is 22.4 Å². The molecule has 2 aromatic carbocycles. The Balaban J connectivity index is 2.20. The Hall–Kier alpha value is -2.71. The molecule has 3 nitrogen and oxygen atoms in total. The first kappa shape index (κ1) is 28.5. The maximum Gasteiger partial charge on any atom is 0.389 e. The second kappa shape index (κ2) is 12.3. The van der Waals surface area contributed by atoms with Crippen LogP contribution >= 0.6 is 0 Å². The highest BCUT2D eigenvalue weighted by atomic mass is 19.4. The van der Waals surface area contributed by atoms with Gasteiger partial charge in [-0.2, -0.15) is 26.3 Å². The Bertz CT molecular complexity index is 930. The molecule has 9 heteroatoms. The van der Waals surface area contributed by atoms with Crippen LogP contribution in [0.4, 0.5) is 37.7 Å². The number of carbonyl (C=O) groups is 1. The normalized spacial score (nSPS) is 12.0. The highest BCUT2D eigenvalue weighted by Crippen LogP contribution is 2.27. The summed E-state index contributed by atoms with van der Waals surface area (Å²) in [5.41, 5.74) is 3.06. The Kier molecular flexibility index (Phi) is 10.0. The van der Waals surface area contributed by atoms with Crippen molar-refractivity contribution in [1.82, 2.24) is 0 Å². The molecule has 0 saturated carbocycles. The number of alkyl halides is 6. The summed E-state index contributed by atoms with van der Waals surface area (Å²) in [6, 6.07) is 12.1. The van der Waals surface area contributed by atoms with Crippen LogP contribution in [0.3, 0.4) is 0 Å². The van der Waals surface area contributed by atoms with E-state index in [-0.39, 0.29) is 31.7 Å². The molecule has 0 spiro atoms. The van der Waals surface area contributed by atoms with E-state index in [1.165, 1.54) is 4.90 Å². The van der Waals surface area contributed by atoms with Gasteiger partial charge < -0.3 is 9.80 Å². The van der Waals surface area contributed by atoms with Crippen LogP contribution in [0.15, 0.2) is 42.5 Å². The van der Waals surface area contributed by atoms with Gasteiger partial charge in [0.1, 0.15) is 0 Å². The van der Waals surface area contributed by atoms with Crippen molar-refractivity contribution in [3.05, 3.63) is 59.2 Å². The van der Waals surface area contributed by atoms with Crippen LogP contribution in [0, 0.1) is 6.92 Å². The van der Waals surface area contributed by atoms with Gasteiger partial charge in [-0.05, 0) is 81.6 Å². The molecule has 0 radical (unpaired) electrons. The topological polar surface area (TPSA) is 23.6 Å². The van der Waals surface area contributed by atoms with E-state index in [0.717, 1.165) is 18.8 Å². The number of hydrogen-bond acceptors (Lipinski definition) is 3. The molecule has 2 rings (SSSR count). The summed E-state index contributed by atoms with van der Waals surface area (Å²) >= 11 is 0. The zero-order chi connectivity index (χ0) is 26.2. The first-order valence-electron chi connectivity index (χ1n) is 11.7. The van der Waals surface area contributed by atoms with Gasteiger partial charge in [0.2, 0.25) is 0 Å². The summed E-state index contributed by atoms with van der Waals surface area (Å²) < 4.78 is 75.5. The van der Waals surface area contributed by atoms with Crippen molar-refractivity contribution in [2.45, 2.75) is 58.8 Å². The fraction of sp³-hybridized carbons (Fsp3) is 0.500. The second-order valence-electron chi connectivity index (χ2n) is 8.47. The van der Waals surface area contributed by atoms with Gasteiger partial charge >= 0.3 is 12.4 Å². The Morgan fingerprint density at radius 2 is 1.23 bits per heavy atom. The lowest BCUT2D eigenvalue weighted by Crippen LogP contribution is -2.28. The van der Waals surface area contributed by atoms with Crippen LogP contribution in [0.5, 0.6) is 0 Å². The third kappa shape index (κ3) is 9.11. The van der Waals surface area contributed by atoms with Crippen molar-refractivity contribution in [2.24, 2.45) is 0 Å². The van der Waals surface area contributed by atoms with Gasteiger partial charge in [-0.25, -0.2) is 0 Å². The van der Waals surface area contributed by atoms with Gasteiger partial charge in [0.15, 0.2) is 5.78 Å². The number of aryl methyl sites for hydroxylation is 1. The summed E-state index contributed by atoms with van der Waals surface area (Å²) in [4.78, 5) is 16.7. The Labute approximate surface area is 202 Å². The van der Waals surface area contributed by atoms with Gasteiger partial charge in [0, 0.05) is 61.5 Å². The molecule has 0 heterocycles. The van der Waals surface area contributed by atoms with Gasteiger partial charge in [0.05, 0.1) is 0 Å². The third-order valence-electron chi connectivity index (χ3n) is 5.85. The van der Waals surface area contributed by atoms with E-state index in [9.17, 15) is 31.1 Å². The number of hydrogen-bond donors (Lipinski definition) is 0. The average molecular weight is 503 g/mol. The molecule has 35 heavy (non-hydrogen) atoms. The van der Waals surface area contributed by atoms with Gasteiger partial charge in [-0.3, -0.25) is 4.79 Å². The number of carbonyl (C=O) groups excluding carboxylic acids is 1. The zero-order valence-electron chi connectivity index (χ0n) is 20.3. The summed E-state index contributed by atoms with van der Waals surface area (Å²) in [7, 11) is 0. The van der Waals surface area contributed by atoms with Crippen molar-refractivity contribution in [1.29, 1.82) is 0 Å². The van der Waals surface area contributed by atoms with Crippen molar-refractivity contribution in [3.8, 4) is 0 Å². The molecule has 0 aliphatic carbocycles. The molecule has 0 aliphatic heterocycles. The predicted molar refractivity (Wildman–Crippen MR) is 127 cm³/mol. The first-order chi connectivity index (χ1) is 16.3. The minimum absolute atomic E-state index is 0.0308. The highest BCUT2D eigenvalue weighted by Gasteiger charge is 2.28. The second-order valence-corrected chi connectivity index (χ2v) is 8.47. The fourth-order valence-corrected chi connectivity index (χ4v) is 3.98. The number of nitrogens with zero attached hydrogens (tertiary/aromatic N) is 2. The van der Waals surface area contributed by atoms with Crippen LogP contribution in [0.1, 0.15) is 61.0 Å². The quantitative estimate of drug-likeness (QED) is 0.221. The standard InChI is InChI=1S/C26H32F6N2O/c1-4-33(5-2)21-10-8-20(9-11-21)24(35)23-13-12-22(18-19(23)3)34(16-6-14-25(27,28)29)17-7-15-26(30,31)32/h8-13,18H,4-7,14-17H2,1-3H3. The average Bonchev–Trinajstić information content (AvgIpc) is 2.77. The number of ketones is 1. The molecule has 0 aliphatic rings.